The van der Waals surface area contributed by atoms with Gasteiger partial charge in [0, 0.05) is 6.07 Å². The van der Waals surface area contributed by atoms with Crippen molar-refractivity contribution >= 4 is 21.8 Å². The van der Waals surface area contributed by atoms with Crippen LogP contribution in [0.5, 0.6) is 0 Å². The Morgan fingerprint density at radius 3 is 2.65 bits per heavy atom. The number of aromatic carboxylic acids is 1. The van der Waals surface area contributed by atoms with Gasteiger partial charge in [0.1, 0.15) is 6.26 Å². The number of anilines is 1. The van der Waals surface area contributed by atoms with Crippen molar-refractivity contribution < 1.29 is 27.3 Å². The summed E-state index contributed by atoms with van der Waals surface area (Å²) < 4.78 is 34.4. The highest BCUT2D eigenvalue weighted by atomic mass is 32.2. The van der Waals surface area contributed by atoms with E-state index in [0.29, 0.717) is 0 Å². The fourth-order valence-corrected chi connectivity index (χ4v) is 1.96. The van der Waals surface area contributed by atoms with Crippen LogP contribution in [0, 0.1) is 0 Å². The molecule has 2 aromatic rings. The number of carboxylic acids is 1. The van der Waals surface area contributed by atoms with E-state index in [0.717, 1.165) is 12.1 Å². The van der Waals surface area contributed by atoms with Crippen LogP contribution in [-0.4, -0.2) is 24.7 Å². The van der Waals surface area contributed by atoms with Crippen molar-refractivity contribution in [2.45, 2.75) is 5.09 Å². The van der Waals surface area contributed by atoms with E-state index in [2.05, 4.69) is 14.1 Å². The van der Waals surface area contributed by atoms with Gasteiger partial charge in [-0.05, 0) is 12.1 Å². The molecule has 2 N–H and O–H groups in total. The molecule has 9 heteroatoms. The van der Waals surface area contributed by atoms with E-state index in [9.17, 15) is 13.2 Å². The van der Waals surface area contributed by atoms with Crippen molar-refractivity contribution in [3.05, 3.63) is 30.2 Å². The lowest BCUT2D eigenvalue weighted by atomic mass is 10.5. The van der Waals surface area contributed by atoms with Crippen molar-refractivity contribution in [2.75, 3.05) is 4.72 Å². The second-order valence-corrected chi connectivity index (χ2v) is 4.53. The van der Waals surface area contributed by atoms with E-state index in [-0.39, 0.29) is 5.82 Å². The second-order valence-electron chi connectivity index (χ2n) is 2.91. The Hall–Kier alpha value is -2.29. The zero-order valence-corrected chi connectivity index (χ0v) is 8.97. The highest BCUT2D eigenvalue weighted by Gasteiger charge is 2.21. The molecule has 90 valence electrons. The van der Waals surface area contributed by atoms with Crippen molar-refractivity contribution in [1.29, 1.82) is 0 Å². The van der Waals surface area contributed by atoms with Crippen LogP contribution in [-0.2, 0) is 10.0 Å². The van der Waals surface area contributed by atoms with Crippen molar-refractivity contribution in [2.24, 2.45) is 0 Å². The molecule has 2 heterocycles. The summed E-state index contributed by atoms with van der Waals surface area (Å²) in [4.78, 5) is 10.5. The molecule has 2 aromatic heterocycles. The van der Waals surface area contributed by atoms with E-state index in [1.54, 1.807) is 0 Å². The topological polar surface area (TPSA) is 123 Å². The van der Waals surface area contributed by atoms with Gasteiger partial charge < -0.3 is 14.0 Å². The Kier molecular flexibility index (Phi) is 2.60. The maximum Gasteiger partial charge on any atom is 0.371 e. The Morgan fingerprint density at radius 2 is 2.12 bits per heavy atom. The Labute approximate surface area is 94.9 Å². The summed E-state index contributed by atoms with van der Waals surface area (Å²) in [7, 11) is -4.00. The van der Waals surface area contributed by atoms with Gasteiger partial charge in [-0.1, -0.05) is 5.16 Å². The number of hydrogen-bond acceptors (Lipinski definition) is 6. The van der Waals surface area contributed by atoms with Gasteiger partial charge in [-0.15, -0.1) is 0 Å². The van der Waals surface area contributed by atoms with Gasteiger partial charge in [-0.25, -0.2) is 4.79 Å². The van der Waals surface area contributed by atoms with Gasteiger partial charge in [-0.2, -0.15) is 8.42 Å². The molecule has 0 unspecified atom stereocenters. The molecule has 0 amide bonds. The minimum absolute atomic E-state index is 0.0294. The van der Waals surface area contributed by atoms with E-state index in [1.807, 2.05) is 4.72 Å². The molecule has 0 bridgehead atoms. The molecule has 0 fully saturated rings. The van der Waals surface area contributed by atoms with Crippen LogP contribution in [0.2, 0.25) is 0 Å². The average molecular weight is 258 g/mol. The highest BCUT2D eigenvalue weighted by Crippen LogP contribution is 2.17. The predicted molar refractivity (Wildman–Crippen MR) is 53.0 cm³/mol. The molecular formula is C8H6N2O6S. The molecule has 0 saturated heterocycles. The lowest BCUT2D eigenvalue weighted by Gasteiger charge is -2.00. The van der Waals surface area contributed by atoms with E-state index in [1.165, 1.54) is 12.3 Å². The molecule has 0 aromatic carbocycles. The number of rotatable bonds is 4. The van der Waals surface area contributed by atoms with Gasteiger partial charge in [0.15, 0.2) is 5.82 Å². The fourth-order valence-electron chi connectivity index (χ4n) is 1.03. The monoisotopic (exact) mass is 258 g/mol. The van der Waals surface area contributed by atoms with Gasteiger partial charge >= 0.3 is 5.97 Å². The minimum atomic E-state index is -4.00. The van der Waals surface area contributed by atoms with Crippen molar-refractivity contribution in [1.82, 2.24) is 5.16 Å². The van der Waals surface area contributed by atoms with Gasteiger partial charge in [0.25, 0.3) is 10.0 Å². The summed E-state index contributed by atoms with van der Waals surface area (Å²) in [5.74, 6) is -1.85. The molecule has 0 aliphatic rings. The van der Waals surface area contributed by atoms with Crippen LogP contribution in [0.1, 0.15) is 10.6 Å². The third-order valence-corrected chi connectivity index (χ3v) is 2.96. The predicted octanol–water partition coefficient (Wildman–Crippen LogP) is 0.767. The highest BCUT2D eigenvalue weighted by molar-refractivity contribution is 7.92. The van der Waals surface area contributed by atoms with Crippen LogP contribution in [0.25, 0.3) is 0 Å². The molecule has 0 aliphatic carbocycles. The zero-order valence-electron chi connectivity index (χ0n) is 8.15. The molecule has 0 radical (unpaired) electrons. The molecule has 0 aliphatic heterocycles. The van der Waals surface area contributed by atoms with Crippen LogP contribution in [0.15, 0.2) is 38.5 Å². The minimum Gasteiger partial charge on any atom is -0.475 e. The van der Waals surface area contributed by atoms with E-state index >= 15 is 0 Å². The first-order valence-electron chi connectivity index (χ1n) is 4.25. The summed E-state index contributed by atoms with van der Waals surface area (Å²) in [5, 5.41) is 11.4. The standard InChI is InChI=1S/C8H6N2O6S/c11-8(12)5-1-2-7(16-5)17(13,14)10-6-3-4-15-9-6/h1-4H,(H,9,10)(H,11,12). The molecule has 2 rings (SSSR count). The summed E-state index contributed by atoms with van der Waals surface area (Å²) in [6, 6.07) is 3.37. The SMILES string of the molecule is O=C(O)c1ccc(S(=O)(=O)Nc2ccon2)o1. The summed E-state index contributed by atoms with van der Waals surface area (Å²) >= 11 is 0. The third kappa shape index (κ3) is 2.28. The summed E-state index contributed by atoms with van der Waals surface area (Å²) in [5.41, 5.74) is 0. The molecular weight excluding hydrogens is 252 g/mol. The number of nitrogens with one attached hydrogen (secondary N) is 1. The lowest BCUT2D eigenvalue weighted by Crippen LogP contribution is -2.12. The van der Waals surface area contributed by atoms with Crippen LogP contribution < -0.4 is 4.72 Å². The average Bonchev–Trinajstić information content (AvgIpc) is 2.84. The summed E-state index contributed by atoms with van der Waals surface area (Å²) in [6.07, 6.45) is 1.18. The molecule has 0 saturated carbocycles. The second kappa shape index (κ2) is 3.94. The Morgan fingerprint density at radius 1 is 1.35 bits per heavy atom. The number of carbonyl (C=O) groups is 1. The Bertz CT molecular complexity index is 627. The number of aromatic nitrogens is 1. The maximum atomic E-state index is 11.7. The van der Waals surface area contributed by atoms with Gasteiger partial charge in [0.2, 0.25) is 10.9 Å². The lowest BCUT2D eigenvalue weighted by molar-refractivity contribution is 0.0656. The quantitative estimate of drug-likeness (QED) is 0.829. The van der Waals surface area contributed by atoms with Gasteiger partial charge in [-0.3, -0.25) is 4.72 Å². The number of nitrogens with zero attached hydrogens (tertiary/aromatic N) is 1. The number of carboxylic acid groups (broad SMARTS) is 1. The molecule has 8 nitrogen and oxygen atoms in total. The van der Waals surface area contributed by atoms with Gasteiger partial charge in [0.05, 0.1) is 0 Å². The normalized spacial score (nSPS) is 11.3. The van der Waals surface area contributed by atoms with E-state index in [4.69, 9.17) is 5.11 Å². The number of sulfonamides is 1. The zero-order chi connectivity index (χ0) is 12.5. The summed E-state index contributed by atoms with van der Waals surface area (Å²) in [6.45, 7) is 0. The van der Waals surface area contributed by atoms with Crippen molar-refractivity contribution in [3.63, 3.8) is 0 Å². The molecule has 0 spiro atoms. The first-order chi connectivity index (χ1) is 7.99. The fraction of sp³-hybridized carbons (Fsp3) is 0. The van der Waals surface area contributed by atoms with Crippen molar-refractivity contribution in [3.8, 4) is 0 Å². The first-order valence-corrected chi connectivity index (χ1v) is 5.74. The molecule has 0 atom stereocenters. The maximum absolute atomic E-state index is 11.7. The Balaban J connectivity index is 2.28. The third-order valence-electron chi connectivity index (χ3n) is 1.73. The van der Waals surface area contributed by atoms with Crippen LogP contribution in [0.4, 0.5) is 5.82 Å². The van der Waals surface area contributed by atoms with E-state index < -0.39 is 26.8 Å². The van der Waals surface area contributed by atoms with Crippen LogP contribution >= 0.6 is 0 Å². The number of furan rings is 1. The molecule has 17 heavy (non-hydrogen) atoms. The first kappa shape index (κ1) is 11.2. The largest absolute Gasteiger partial charge is 0.475 e. The smallest absolute Gasteiger partial charge is 0.371 e. The number of hydrogen-bond donors (Lipinski definition) is 2. The van der Waals surface area contributed by atoms with Crippen LogP contribution in [0.3, 0.4) is 0 Å².